The summed E-state index contributed by atoms with van der Waals surface area (Å²) in [5, 5.41) is 30.4. The van der Waals surface area contributed by atoms with Crippen LogP contribution in [-0.4, -0.2) is 35.8 Å². The second-order valence-electron chi connectivity index (χ2n) is 7.11. The van der Waals surface area contributed by atoms with Crippen molar-refractivity contribution < 1.29 is 9.72 Å². The van der Waals surface area contributed by atoms with Crippen molar-refractivity contribution in [3.63, 3.8) is 0 Å². The van der Waals surface area contributed by atoms with Gasteiger partial charge in [0.15, 0.2) is 10.9 Å². The number of aromatic nitrogens is 4. The molecule has 0 aliphatic rings. The highest BCUT2D eigenvalue weighted by Crippen LogP contribution is 2.26. The van der Waals surface area contributed by atoms with Gasteiger partial charge in [-0.05, 0) is 30.8 Å². The summed E-state index contributed by atoms with van der Waals surface area (Å²) in [6.45, 7) is 3.94. The molecule has 1 amide bonds. The summed E-state index contributed by atoms with van der Waals surface area (Å²) in [6.07, 6.45) is 0.756. The lowest BCUT2D eigenvalue weighted by Gasteiger charge is -2.11. The molecule has 0 fully saturated rings. The minimum atomic E-state index is -0.518. The zero-order chi connectivity index (χ0) is 23.5. The molecule has 2 N–H and O–H groups in total. The minimum absolute atomic E-state index is 0.114. The van der Waals surface area contributed by atoms with Gasteiger partial charge in [0, 0.05) is 35.7 Å². The lowest BCUT2D eigenvalue weighted by Crippen LogP contribution is -2.39. The van der Waals surface area contributed by atoms with E-state index in [9.17, 15) is 14.9 Å². The number of nitro groups is 1. The molecule has 33 heavy (non-hydrogen) atoms. The number of nitrogens with one attached hydrogen (secondary N) is 2. The number of hydrogen-bond acceptors (Lipinski definition) is 8. The van der Waals surface area contributed by atoms with Crippen LogP contribution < -0.4 is 10.6 Å². The number of amides is 1. The Labute approximate surface area is 197 Å². The molecule has 0 saturated heterocycles. The average Bonchev–Trinajstić information content (AvgIpc) is 3.38. The van der Waals surface area contributed by atoms with Crippen molar-refractivity contribution in [2.75, 3.05) is 0 Å². The van der Waals surface area contributed by atoms with Crippen LogP contribution in [0.3, 0.4) is 0 Å². The van der Waals surface area contributed by atoms with Crippen molar-refractivity contribution >= 4 is 45.2 Å². The van der Waals surface area contributed by atoms with Crippen LogP contribution in [0.2, 0.25) is 0 Å². The first-order valence-corrected chi connectivity index (χ1v) is 11.2. The van der Waals surface area contributed by atoms with Gasteiger partial charge in [-0.1, -0.05) is 48.6 Å². The fraction of sp³-hybridized carbons (Fsp3) is 0.190. The Hall–Kier alpha value is -3.77. The van der Waals surface area contributed by atoms with Crippen LogP contribution in [0.1, 0.15) is 34.2 Å². The van der Waals surface area contributed by atoms with E-state index >= 15 is 0 Å². The van der Waals surface area contributed by atoms with Gasteiger partial charge < -0.3 is 5.32 Å². The third-order valence-electron chi connectivity index (χ3n) is 5.00. The Balaban J connectivity index is 1.36. The number of carbonyl (C=O) groups is 1. The molecule has 0 atom stereocenters. The fourth-order valence-electron chi connectivity index (χ4n) is 3.22. The van der Waals surface area contributed by atoms with Crippen LogP contribution in [0.25, 0.3) is 15.5 Å². The molecule has 0 bridgehead atoms. The van der Waals surface area contributed by atoms with E-state index in [-0.39, 0.29) is 21.9 Å². The van der Waals surface area contributed by atoms with Crippen LogP contribution in [0.4, 0.5) is 5.69 Å². The van der Waals surface area contributed by atoms with E-state index < -0.39 is 10.8 Å². The minimum Gasteiger partial charge on any atom is -0.358 e. The maximum atomic E-state index is 12.5. The summed E-state index contributed by atoms with van der Waals surface area (Å²) in [4.78, 5) is 23.8. The Morgan fingerprint density at radius 2 is 1.97 bits per heavy atom. The normalized spacial score (nSPS) is 10.8. The number of nitro benzene ring substituents is 1. The Morgan fingerprint density at radius 1 is 1.21 bits per heavy atom. The van der Waals surface area contributed by atoms with Crippen LogP contribution in [0.15, 0.2) is 42.5 Å². The number of nitrogens with zero attached hydrogens (tertiary/aromatic N) is 5. The van der Waals surface area contributed by atoms with Crippen LogP contribution in [0.5, 0.6) is 0 Å². The highest BCUT2D eigenvalue weighted by molar-refractivity contribution is 7.80. The molecule has 4 aromatic rings. The molecule has 0 radical (unpaired) electrons. The maximum absolute atomic E-state index is 12.5. The predicted octanol–water partition coefficient (Wildman–Crippen LogP) is 3.44. The van der Waals surface area contributed by atoms with Gasteiger partial charge in [0.2, 0.25) is 4.96 Å². The quantitative estimate of drug-likeness (QED) is 0.244. The first-order chi connectivity index (χ1) is 15.9. The molecule has 2 heterocycles. The summed E-state index contributed by atoms with van der Waals surface area (Å²) < 4.78 is 1.76. The zero-order valence-electron chi connectivity index (χ0n) is 17.7. The Kier molecular flexibility index (Phi) is 6.38. The van der Waals surface area contributed by atoms with Crippen molar-refractivity contribution in [1.82, 2.24) is 30.4 Å². The van der Waals surface area contributed by atoms with Crippen LogP contribution >= 0.6 is 23.6 Å². The van der Waals surface area contributed by atoms with Gasteiger partial charge in [-0.25, -0.2) is 0 Å². The van der Waals surface area contributed by atoms with Gasteiger partial charge in [-0.15, -0.1) is 10.2 Å². The summed E-state index contributed by atoms with van der Waals surface area (Å²) in [6, 6.07) is 12.2. The molecule has 168 valence electrons. The lowest BCUT2D eigenvalue weighted by molar-refractivity contribution is -0.385. The fourth-order valence-corrected chi connectivity index (χ4v) is 4.25. The Morgan fingerprint density at radius 3 is 2.67 bits per heavy atom. The lowest BCUT2D eigenvalue weighted by atomic mass is 10.1. The second kappa shape index (κ2) is 9.38. The van der Waals surface area contributed by atoms with Gasteiger partial charge in [-0.3, -0.25) is 20.2 Å². The van der Waals surface area contributed by atoms with Crippen molar-refractivity contribution in [2.24, 2.45) is 0 Å². The van der Waals surface area contributed by atoms with E-state index in [1.165, 1.54) is 36.5 Å². The number of carbonyl (C=O) groups excluding carboxylic acids is 1. The largest absolute Gasteiger partial charge is 0.358 e. The molecule has 0 aliphatic carbocycles. The first kappa shape index (κ1) is 22.4. The molecule has 0 unspecified atom stereocenters. The number of aryl methyl sites for hydroxylation is 1. The number of rotatable bonds is 6. The number of fused-ring (bicyclic) bond motifs is 1. The molecular weight excluding hydrogens is 462 g/mol. The van der Waals surface area contributed by atoms with Crippen molar-refractivity contribution in [3.8, 4) is 10.6 Å². The van der Waals surface area contributed by atoms with Crippen molar-refractivity contribution in [1.29, 1.82) is 0 Å². The molecule has 0 spiro atoms. The topological polar surface area (TPSA) is 127 Å². The number of thiocarbonyl (C=S) groups is 1. The monoisotopic (exact) mass is 481 g/mol. The maximum Gasteiger partial charge on any atom is 0.273 e. The summed E-state index contributed by atoms with van der Waals surface area (Å²) in [5.74, 6) is 0.322. The van der Waals surface area contributed by atoms with Gasteiger partial charge in [-0.2, -0.15) is 9.61 Å². The van der Waals surface area contributed by atoms with E-state index in [1.54, 1.807) is 4.52 Å². The molecule has 4 rings (SSSR count). The predicted molar refractivity (Wildman–Crippen MR) is 128 cm³/mol. The second-order valence-corrected chi connectivity index (χ2v) is 8.48. The molecule has 0 saturated carbocycles. The summed E-state index contributed by atoms with van der Waals surface area (Å²) in [7, 11) is 0. The first-order valence-electron chi connectivity index (χ1n) is 10.0. The van der Waals surface area contributed by atoms with Crippen molar-refractivity contribution in [3.05, 3.63) is 75.1 Å². The van der Waals surface area contributed by atoms with Gasteiger partial charge in [0.05, 0.1) is 4.92 Å². The smallest absolute Gasteiger partial charge is 0.273 e. The standard InChI is InChI=1S/C21H19N7O3S2/c1-3-17-24-25-21-27(17)26-19(33-21)14-9-7-13(8-10-14)11-22-20(32)23-18(29)15-5-4-6-16(12(15)2)28(30)31/h4-10H,3,11H2,1-2H3,(H2,22,23,29,32). The molecule has 2 aromatic carbocycles. The molecule has 12 heteroatoms. The van der Waals surface area contributed by atoms with Crippen molar-refractivity contribution in [2.45, 2.75) is 26.8 Å². The zero-order valence-corrected chi connectivity index (χ0v) is 19.4. The third kappa shape index (κ3) is 4.71. The molecule has 2 aromatic heterocycles. The van der Waals surface area contributed by atoms with Gasteiger partial charge in [0.1, 0.15) is 5.01 Å². The van der Waals surface area contributed by atoms with E-state index in [0.717, 1.165) is 33.3 Å². The Bertz CT molecular complexity index is 1360. The third-order valence-corrected chi connectivity index (χ3v) is 6.19. The molecule has 0 aliphatic heterocycles. The average molecular weight is 482 g/mol. The van der Waals surface area contributed by atoms with E-state index in [2.05, 4.69) is 25.9 Å². The number of benzene rings is 2. The van der Waals surface area contributed by atoms with E-state index in [4.69, 9.17) is 12.2 Å². The van der Waals surface area contributed by atoms with Gasteiger partial charge in [0.25, 0.3) is 11.6 Å². The molecule has 10 nitrogen and oxygen atoms in total. The number of hydrogen-bond donors (Lipinski definition) is 2. The highest BCUT2D eigenvalue weighted by atomic mass is 32.1. The van der Waals surface area contributed by atoms with Crippen LogP contribution in [-0.2, 0) is 13.0 Å². The van der Waals surface area contributed by atoms with E-state index in [0.29, 0.717) is 6.54 Å². The molecular formula is C21H19N7O3S2. The highest BCUT2D eigenvalue weighted by Gasteiger charge is 2.18. The SMILES string of the molecule is CCc1nnc2sc(-c3ccc(CNC(=S)NC(=O)c4cccc([N+](=O)[O-])c4C)cc3)nn12. The van der Waals surface area contributed by atoms with Crippen LogP contribution in [0, 0.1) is 17.0 Å². The summed E-state index contributed by atoms with van der Waals surface area (Å²) in [5.41, 5.74) is 2.30. The van der Waals surface area contributed by atoms with E-state index in [1.807, 2.05) is 31.2 Å². The summed E-state index contributed by atoms with van der Waals surface area (Å²) >= 11 is 6.68. The van der Waals surface area contributed by atoms with Gasteiger partial charge >= 0.3 is 0 Å².